The maximum atomic E-state index is 6.24. The maximum Gasteiger partial charge on any atom is 0.133 e. The molecule has 4 heteroatoms. The average Bonchev–Trinajstić information content (AvgIpc) is 2.38. The van der Waals surface area contributed by atoms with Crippen LogP contribution in [-0.4, -0.2) is 6.54 Å². The van der Waals surface area contributed by atoms with Gasteiger partial charge in [-0.1, -0.05) is 30.7 Å². The molecule has 0 aliphatic carbocycles. The molecule has 0 spiro atoms. The summed E-state index contributed by atoms with van der Waals surface area (Å²) in [5.74, 6) is 1.63. The first kappa shape index (κ1) is 14.6. The average molecular weight is 388 g/mol. The van der Waals surface area contributed by atoms with Crippen LogP contribution in [-0.2, 0) is 6.54 Å². The van der Waals surface area contributed by atoms with Gasteiger partial charge in [0.15, 0.2) is 0 Å². The van der Waals surface area contributed by atoms with E-state index in [1.807, 2.05) is 42.5 Å². The number of nitrogens with one attached hydrogen (secondary N) is 1. The Balaban J connectivity index is 2.26. The van der Waals surface area contributed by atoms with Gasteiger partial charge in [0.1, 0.15) is 11.5 Å². The molecule has 2 nitrogen and oxygen atoms in total. The van der Waals surface area contributed by atoms with Gasteiger partial charge in [0.05, 0.1) is 0 Å². The van der Waals surface area contributed by atoms with Crippen molar-refractivity contribution in [1.29, 1.82) is 0 Å². The molecule has 19 heavy (non-hydrogen) atoms. The third kappa shape index (κ3) is 4.09. The lowest BCUT2D eigenvalue weighted by Crippen LogP contribution is -2.12. The van der Waals surface area contributed by atoms with Gasteiger partial charge in [-0.3, -0.25) is 0 Å². The first-order valence-corrected chi connectivity index (χ1v) is 7.58. The Kier molecular flexibility index (Phi) is 5.48. The molecule has 0 heterocycles. The number of ether oxygens (including phenoxy) is 1. The Bertz CT molecular complexity index is 560. The largest absolute Gasteiger partial charge is 0.457 e. The van der Waals surface area contributed by atoms with E-state index < -0.39 is 0 Å². The lowest BCUT2D eigenvalue weighted by atomic mass is 10.2. The number of hydrogen-bond acceptors (Lipinski definition) is 2. The van der Waals surface area contributed by atoms with E-state index in [1.54, 1.807) is 0 Å². The van der Waals surface area contributed by atoms with Gasteiger partial charge in [0, 0.05) is 20.7 Å². The number of hydrogen-bond donors (Lipinski definition) is 1. The molecule has 0 amide bonds. The summed E-state index contributed by atoms with van der Waals surface area (Å²) in [4.78, 5) is 0. The third-order valence-corrected chi connectivity index (χ3v) is 3.68. The minimum atomic E-state index is 0.704. The van der Waals surface area contributed by atoms with Crippen molar-refractivity contribution >= 4 is 34.2 Å². The fourth-order valence-electron chi connectivity index (χ4n) is 1.71. The minimum Gasteiger partial charge on any atom is -0.457 e. The van der Waals surface area contributed by atoms with Crippen LogP contribution in [0.2, 0.25) is 5.02 Å². The summed E-state index contributed by atoms with van der Waals surface area (Å²) in [5, 5.41) is 4.00. The molecular formula is C15H15ClINO. The van der Waals surface area contributed by atoms with Crippen LogP contribution >= 0.6 is 34.2 Å². The van der Waals surface area contributed by atoms with E-state index in [1.165, 1.54) is 0 Å². The highest BCUT2D eigenvalue weighted by Gasteiger charge is 2.08. The first-order valence-electron chi connectivity index (χ1n) is 6.12. The summed E-state index contributed by atoms with van der Waals surface area (Å²) in [6, 6.07) is 13.7. The van der Waals surface area contributed by atoms with Gasteiger partial charge in [0.25, 0.3) is 0 Å². The van der Waals surface area contributed by atoms with Crippen LogP contribution in [0.1, 0.15) is 12.5 Å². The van der Waals surface area contributed by atoms with Crippen molar-refractivity contribution in [3.05, 3.63) is 56.6 Å². The first-order chi connectivity index (χ1) is 9.20. The van der Waals surface area contributed by atoms with Gasteiger partial charge in [-0.15, -0.1) is 0 Å². The summed E-state index contributed by atoms with van der Waals surface area (Å²) in [7, 11) is 0. The molecule has 0 radical (unpaired) electrons. The Morgan fingerprint density at radius 3 is 2.74 bits per heavy atom. The number of benzene rings is 2. The van der Waals surface area contributed by atoms with Gasteiger partial charge in [-0.25, -0.2) is 0 Å². The van der Waals surface area contributed by atoms with Crippen LogP contribution in [0.4, 0.5) is 0 Å². The summed E-state index contributed by atoms with van der Waals surface area (Å²) >= 11 is 8.51. The second-order valence-electron chi connectivity index (χ2n) is 4.06. The van der Waals surface area contributed by atoms with Crippen LogP contribution in [0, 0.1) is 3.57 Å². The molecule has 100 valence electrons. The molecule has 0 saturated heterocycles. The van der Waals surface area contributed by atoms with Crippen molar-refractivity contribution in [2.75, 3.05) is 6.54 Å². The normalized spacial score (nSPS) is 10.5. The molecule has 2 rings (SSSR count). The van der Waals surface area contributed by atoms with Gasteiger partial charge in [0.2, 0.25) is 0 Å². The van der Waals surface area contributed by atoms with E-state index in [0.29, 0.717) is 6.54 Å². The maximum absolute atomic E-state index is 6.24. The topological polar surface area (TPSA) is 21.3 Å². The van der Waals surface area contributed by atoms with Crippen LogP contribution < -0.4 is 10.1 Å². The zero-order valence-electron chi connectivity index (χ0n) is 10.6. The molecule has 0 aromatic heterocycles. The summed E-state index contributed by atoms with van der Waals surface area (Å²) in [5.41, 5.74) is 0.991. The zero-order chi connectivity index (χ0) is 13.7. The molecular weight excluding hydrogens is 373 g/mol. The molecule has 0 aliphatic heterocycles. The highest BCUT2D eigenvalue weighted by molar-refractivity contribution is 14.1. The predicted octanol–water partition coefficient (Wildman–Crippen LogP) is 4.85. The van der Waals surface area contributed by atoms with E-state index in [-0.39, 0.29) is 0 Å². The zero-order valence-corrected chi connectivity index (χ0v) is 13.5. The van der Waals surface area contributed by atoms with E-state index in [4.69, 9.17) is 16.3 Å². The Hall–Kier alpha value is -0.780. The Labute approximate surface area is 132 Å². The lowest BCUT2D eigenvalue weighted by Gasteiger charge is -2.13. The fourth-order valence-corrected chi connectivity index (χ4v) is 2.46. The number of halogens is 2. The highest BCUT2D eigenvalue weighted by atomic mass is 127. The lowest BCUT2D eigenvalue weighted by molar-refractivity contribution is 0.473. The van der Waals surface area contributed by atoms with Crippen molar-refractivity contribution in [2.45, 2.75) is 13.5 Å². The van der Waals surface area contributed by atoms with Crippen molar-refractivity contribution in [2.24, 2.45) is 0 Å². The third-order valence-electron chi connectivity index (χ3n) is 2.65. The van der Waals surface area contributed by atoms with Crippen molar-refractivity contribution in [3.63, 3.8) is 0 Å². The summed E-state index contributed by atoms with van der Waals surface area (Å²) in [6.07, 6.45) is 0. The second-order valence-corrected chi connectivity index (χ2v) is 5.71. The standard InChI is InChI=1S/C15H15ClINO/c1-2-18-10-13-14(16)7-4-8-15(13)19-12-6-3-5-11(17)9-12/h3-9,18H,2,10H2,1H3. The molecule has 0 atom stereocenters. The fraction of sp³-hybridized carbons (Fsp3) is 0.200. The Morgan fingerprint density at radius 2 is 2.00 bits per heavy atom. The monoisotopic (exact) mass is 387 g/mol. The number of rotatable bonds is 5. The Morgan fingerprint density at radius 1 is 1.21 bits per heavy atom. The van der Waals surface area contributed by atoms with Gasteiger partial charge in [-0.2, -0.15) is 0 Å². The molecule has 0 saturated carbocycles. The van der Waals surface area contributed by atoms with Crippen LogP contribution in [0.25, 0.3) is 0 Å². The van der Waals surface area contributed by atoms with Crippen LogP contribution in [0.5, 0.6) is 11.5 Å². The molecule has 2 aromatic rings. The second kappa shape index (κ2) is 7.12. The smallest absolute Gasteiger partial charge is 0.133 e. The summed E-state index contributed by atoms with van der Waals surface area (Å²) in [6.45, 7) is 3.67. The SMILES string of the molecule is CCNCc1c(Cl)cccc1Oc1cccc(I)c1. The molecule has 0 aliphatic rings. The van der Waals surface area contributed by atoms with Crippen LogP contribution in [0.15, 0.2) is 42.5 Å². The minimum absolute atomic E-state index is 0.704. The van der Waals surface area contributed by atoms with E-state index in [2.05, 4.69) is 34.8 Å². The molecule has 1 N–H and O–H groups in total. The van der Waals surface area contributed by atoms with Gasteiger partial charge >= 0.3 is 0 Å². The predicted molar refractivity (Wildman–Crippen MR) is 88.1 cm³/mol. The summed E-state index contributed by atoms with van der Waals surface area (Å²) < 4.78 is 7.08. The van der Waals surface area contributed by atoms with Crippen molar-refractivity contribution in [1.82, 2.24) is 5.32 Å². The van der Waals surface area contributed by atoms with Gasteiger partial charge < -0.3 is 10.1 Å². The van der Waals surface area contributed by atoms with E-state index >= 15 is 0 Å². The molecule has 0 fully saturated rings. The van der Waals surface area contributed by atoms with Crippen molar-refractivity contribution < 1.29 is 4.74 Å². The van der Waals surface area contributed by atoms with Gasteiger partial charge in [-0.05, 0) is 59.5 Å². The van der Waals surface area contributed by atoms with E-state index in [0.717, 1.165) is 32.2 Å². The molecule has 0 bridgehead atoms. The highest BCUT2D eigenvalue weighted by Crippen LogP contribution is 2.30. The van der Waals surface area contributed by atoms with E-state index in [9.17, 15) is 0 Å². The quantitative estimate of drug-likeness (QED) is 0.741. The van der Waals surface area contributed by atoms with Crippen molar-refractivity contribution in [3.8, 4) is 11.5 Å². The van der Waals surface area contributed by atoms with Crippen LogP contribution in [0.3, 0.4) is 0 Å². The molecule has 0 unspecified atom stereocenters. The molecule has 2 aromatic carbocycles.